The lowest BCUT2D eigenvalue weighted by molar-refractivity contribution is -0.146. The molecule has 1 N–H and O–H groups in total. The maximum absolute atomic E-state index is 11.0. The Morgan fingerprint density at radius 2 is 2.00 bits per heavy atom. The zero-order valence-corrected chi connectivity index (χ0v) is 8.58. The molecule has 2 fully saturated rings. The maximum Gasteiger partial charge on any atom is 0.306 e. The number of carbonyl (C=O) groups is 1. The number of hydrogen-bond donors (Lipinski definition) is 1. The highest BCUT2D eigenvalue weighted by Gasteiger charge is 2.57. The van der Waals surface area contributed by atoms with Gasteiger partial charge < -0.3 is 5.11 Å². The molecule has 0 saturated heterocycles. The number of aliphatic carboxylic acids is 1. The first-order valence-corrected chi connectivity index (χ1v) is 5.17. The van der Waals surface area contributed by atoms with E-state index in [0.717, 1.165) is 12.8 Å². The van der Waals surface area contributed by atoms with Crippen molar-refractivity contribution >= 4 is 5.97 Å². The number of hydrogen-bond acceptors (Lipinski definition) is 1. The molecule has 2 nitrogen and oxygen atoms in total. The first-order valence-electron chi connectivity index (χ1n) is 5.17. The van der Waals surface area contributed by atoms with Gasteiger partial charge in [-0.15, -0.1) is 0 Å². The lowest BCUT2D eigenvalue weighted by atomic mass is 9.65. The number of carboxylic acid groups (broad SMARTS) is 1. The largest absolute Gasteiger partial charge is 0.481 e. The molecule has 0 radical (unpaired) electrons. The summed E-state index contributed by atoms with van der Waals surface area (Å²) >= 11 is 0. The van der Waals surface area contributed by atoms with Crippen LogP contribution in [0.15, 0.2) is 0 Å². The molecule has 0 amide bonds. The van der Waals surface area contributed by atoms with Crippen molar-refractivity contribution in [2.45, 2.75) is 33.6 Å². The fourth-order valence-electron chi connectivity index (χ4n) is 3.53. The topological polar surface area (TPSA) is 37.3 Å². The monoisotopic (exact) mass is 182 g/mol. The van der Waals surface area contributed by atoms with Gasteiger partial charge in [-0.3, -0.25) is 4.79 Å². The van der Waals surface area contributed by atoms with Gasteiger partial charge in [0.05, 0.1) is 5.92 Å². The Balaban J connectivity index is 2.25. The van der Waals surface area contributed by atoms with Crippen molar-refractivity contribution in [1.29, 1.82) is 0 Å². The van der Waals surface area contributed by atoms with Crippen LogP contribution < -0.4 is 0 Å². The van der Waals surface area contributed by atoms with Gasteiger partial charge in [-0.2, -0.15) is 0 Å². The van der Waals surface area contributed by atoms with Crippen LogP contribution in [-0.2, 0) is 4.79 Å². The summed E-state index contributed by atoms with van der Waals surface area (Å²) in [5.41, 5.74) is 0.242. The summed E-state index contributed by atoms with van der Waals surface area (Å²) in [5, 5.41) is 9.05. The van der Waals surface area contributed by atoms with Crippen LogP contribution >= 0.6 is 0 Å². The predicted molar refractivity (Wildman–Crippen MR) is 50.3 cm³/mol. The van der Waals surface area contributed by atoms with E-state index >= 15 is 0 Å². The predicted octanol–water partition coefficient (Wildman–Crippen LogP) is 2.39. The van der Waals surface area contributed by atoms with E-state index in [2.05, 4.69) is 20.8 Å². The van der Waals surface area contributed by atoms with Crippen LogP contribution in [-0.4, -0.2) is 11.1 Å². The fraction of sp³-hybridized carbons (Fsp3) is 0.909. The minimum Gasteiger partial charge on any atom is -0.481 e. The molecule has 2 heteroatoms. The fourth-order valence-corrected chi connectivity index (χ4v) is 3.53. The first-order chi connectivity index (χ1) is 5.94. The second kappa shape index (κ2) is 2.49. The molecule has 4 unspecified atom stereocenters. The highest BCUT2D eigenvalue weighted by Crippen LogP contribution is 2.61. The normalized spacial score (nSPS) is 46.7. The zero-order chi connectivity index (χ0) is 9.80. The van der Waals surface area contributed by atoms with E-state index < -0.39 is 5.97 Å². The molecule has 2 saturated carbocycles. The van der Waals surface area contributed by atoms with Gasteiger partial charge in [-0.25, -0.2) is 0 Å². The van der Waals surface area contributed by atoms with Crippen LogP contribution in [0, 0.1) is 29.1 Å². The molecular formula is C11H18O2. The minimum absolute atomic E-state index is 0.0591. The van der Waals surface area contributed by atoms with Crippen LogP contribution in [0.2, 0.25) is 0 Å². The third kappa shape index (κ3) is 1.04. The van der Waals surface area contributed by atoms with Crippen LogP contribution in [0.3, 0.4) is 0 Å². The first kappa shape index (κ1) is 9.04. The summed E-state index contributed by atoms with van der Waals surface area (Å²) in [7, 11) is 0. The van der Waals surface area contributed by atoms with Gasteiger partial charge in [0, 0.05) is 0 Å². The van der Waals surface area contributed by atoms with Crippen molar-refractivity contribution in [3.8, 4) is 0 Å². The van der Waals surface area contributed by atoms with E-state index in [9.17, 15) is 4.79 Å². The molecule has 0 aromatic heterocycles. The highest BCUT2D eigenvalue weighted by atomic mass is 16.4. The summed E-state index contributed by atoms with van der Waals surface area (Å²) in [6.07, 6.45) is 2.07. The Hall–Kier alpha value is -0.530. The molecule has 0 heterocycles. The Kier molecular flexibility index (Phi) is 1.73. The van der Waals surface area contributed by atoms with Crippen molar-refractivity contribution < 1.29 is 9.90 Å². The summed E-state index contributed by atoms with van der Waals surface area (Å²) in [6, 6.07) is 0. The third-order valence-corrected chi connectivity index (χ3v) is 4.75. The van der Waals surface area contributed by atoms with E-state index in [1.807, 2.05) is 0 Å². The summed E-state index contributed by atoms with van der Waals surface area (Å²) in [5.74, 6) is 1.16. The van der Waals surface area contributed by atoms with Crippen LogP contribution in [0.25, 0.3) is 0 Å². The minimum atomic E-state index is -0.576. The summed E-state index contributed by atoms with van der Waals surface area (Å²) in [4.78, 5) is 11.0. The second-order valence-corrected chi connectivity index (χ2v) is 5.39. The molecule has 0 aliphatic heterocycles. The molecule has 4 atom stereocenters. The van der Waals surface area contributed by atoms with Gasteiger partial charge >= 0.3 is 5.97 Å². The van der Waals surface area contributed by atoms with Crippen molar-refractivity contribution in [3.05, 3.63) is 0 Å². The smallest absolute Gasteiger partial charge is 0.306 e. The summed E-state index contributed by atoms with van der Waals surface area (Å²) < 4.78 is 0. The molecule has 2 rings (SSSR count). The van der Waals surface area contributed by atoms with Crippen molar-refractivity contribution in [2.75, 3.05) is 0 Å². The molecule has 2 bridgehead atoms. The van der Waals surface area contributed by atoms with Gasteiger partial charge in [0.2, 0.25) is 0 Å². The van der Waals surface area contributed by atoms with Gasteiger partial charge in [0.15, 0.2) is 0 Å². The van der Waals surface area contributed by atoms with Gasteiger partial charge in [-0.05, 0) is 36.0 Å². The average Bonchev–Trinajstić information content (AvgIpc) is 2.52. The second-order valence-electron chi connectivity index (χ2n) is 5.39. The highest BCUT2D eigenvalue weighted by molar-refractivity contribution is 5.71. The van der Waals surface area contributed by atoms with Crippen LogP contribution in [0.1, 0.15) is 33.6 Å². The number of carboxylic acids is 1. The van der Waals surface area contributed by atoms with E-state index in [4.69, 9.17) is 5.11 Å². The van der Waals surface area contributed by atoms with Crippen molar-refractivity contribution in [3.63, 3.8) is 0 Å². The Morgan fingerprint density at radius 3 is 2.38 bits per heavy atom. The van der Waals surface area contributed by atoms with Gasteiger partial charge in [0.25, 0.3) is 0 Å². The molecule has 2 aliphatic carbocycles. The number of fused-ring (bicyclic) bond motifs is 2. The lowest BCUT2D eigenvalue weighted by Crippen LogP contribution is -2.37. The average molecular weight is 182 g/mol. The molecule has 0 aromatic rings. The van der Waals surface area contributed by atoms with Gasteiger partial charge in [0.1, 0.15) is 0 Å². The van der Waals surface area contributed by atoms with E-state index in [1.54, 1.807) is 0 Å². The van der Waals surface area contributed by atoms with E-state index in [0.29, 0.717) is 17.8 Å². The Bertz CT molecular complexity index is 244. The zero-order valence-electron chi connectivity index (χ0n) is 8.58. The van der Waals surface area contributed by atoms with Crippen LogP contribution in [0.4, 0.5) is 0 Å². The van der Waals surface area contributed by atoms with Crippen molar-refractivity contribution in [1.82, 2.24) is 0 Å². The maximum atomic E-state index is 11.0. The molecule has 74 valence electrons. The van der Waals surface area contributed by atoms with E-state index in [1.165, 1.54) is 0 Å². The molecular weight excluding hydrogens is 164 g/mol. The van der Waals surface area contributed by atoms with E-state index in [-0.39, 0.29) is 11.3 Å². The lowest BCUT2D eigenvalue weighted by Gasteiger charge is -2.39. The number of rotatable bonds is 1. The van der Waals surface area contributed by atoms with Crippen molar-refractivity contribution in [2.24, 2.45) is 29.1 Å². The molecule has 0 aromatic carbocycles. The molecule has 0 spiro atoms. The Morgan fingerprint density at radius 1 is 1.38 bits per heavy atom. The van der Waals surface area contributed by atoms with Crippen LogP contribution in [0.5, 0.6) is 0 Å². The SMILES string of the molecule is CC1C2CC(C(=O)O)C(C2)C1(C)C. The third-order valence-electron chi connectivity index (χ3n) is 4.75. The summed E-state index contributed by atoms with van der Waals surface area (Å²) in [6.45, 7) is 6.75. The van der Waals surface area contributed by atoms with Gasteiger partial charge in [-0.1, -0.05) is 20.8 Å². The Labute approximate surface area is 79.3 Å². The molecule has 13 heavy (non-hydrogen) atoms. The standard InChI is InChI=1S/C11H18O2/c1-6-7-4-8(10(12)13)9(5-7)11(6,2)3/h6-9H,4-5H2,1-3H3,(H,12,13). The quantitative estimate of drug-likeness (QED) is 0.676. The molecule has 2 aliphatic rings.